The van der Waals surface area contributed by atoms with Gasteiger partial charge in [-0.1, -0.05) is 18.2 Å². The van der Waals surface area contributed by atoms with Gasteiger partial charge in [0.15, 0.2) is 5.96 Å². The number of aliphatic imine (C=N–C) groups is 1. The Morgan fingerprint density at radius 1 is 1.24 bits per heavy atom. The number of nitrogens with zero attached hydrogens (tertiary/aromatic N) is 2. The molecule has 0 unspecified atom stereocenters. The van der Waals surface area contributed by atoms with Gasteiger partial charge in [-0.3, -0.25) is 4.79 Å². The highest BCUT2D eigenvalue weighted by molar-refractivity contribution is 5.80. The van der Waals surface area contributed by atoms with Crippen LogP contribution in [-0.2, 0) is 9.53 Å². The minimum absolute atomic E-state index is 0.0143. The lowest BCUT2D eigenvalue weighted by molar-refractivity contribution is -0.149. The highest BCUT2D eigenvalue weighted by Gasteiger charge is 2.27. The summed E-state index contributed by atoms with van der Waals surface area (Å²) in [4.78, 5) is 18.7. The first-order valence-corrected chi connectivity index (χ1v) is 9.12. The number of carbonyl (C=O) groups excluding carboxylic acids is 1. The first-order valence-electron chi connectivity index (χ1n) is 9.12. The van der Waals surface area contributed by atoms with Crippen molar-refractivity contribution in [1.82, 2.24) is 10.2 Å². The number of hydrogen-bond acceptors (Lipinski definition) is 4. The average molecular weight is 347 g/mol. The van der Waals surface area contributed by atoms with Crippen molar-refractivity contribution in [3.8, 4) is 5.75 Å². The molecule has 1 aliphatic rings. The molecule has 138 valence electrons. The van der Waals surface area contributed by atoms with Crippen LogP contribution in [-0.4, -0.2) is 56.2 Å². The second kappa shape index (κ2) is 10.6. The summed E-state index contributed by atoms with van der Waals surface area (Å²) in [5, 5.41) is 3.32. The first-order chi connectivity index (χ1) is 12.2. The zero-order valence-electron chi connectivity index (χ0n) is 15.2. The van der Waals surface area contributed by atoms with Crippen LogP contribution in [0.5, 0.6) is 5.75 Å². The molecule has 2 rings (SSSR count). The van der Waals surface area contributed by atoms with Crippen LogP contribution in [0.3, 0.4) is 0 Å². The SMILES string of the molecule is CCNC(=NCCOc1ccccc1)N1CCC(C(=O)OCC)CC1. The smallest absolute Gasteiger partial charge is 0.309 e. The van der Waals surface area contributed by atoms with Gasteiger partial charge in [0.25, 0.3) is 0 Å². The number of hydrogen-bond donors (Lipinski definition) is 1. The maximum absolute atomic E-state index is 11.8. The highest BCUT2D eigenvalue weighted by Crippen LogP contribution is 2.18. The molecule has 1 aromatic carbocycles. The normalized spacial score (nSPS) is 15.8. The quantitative estimate of drug-likeness (QED) is 0.355. The third kappa shape index (κ3) is 6.29. The number of nitrogens with one attached hydrogen (secondary N) is 1. The molecule has 0 bridgehead atoms. The van der Waals surface area contributed by atoms with Gasteiger partial charge in [-0.2, -0.15) is 0 Å². The first kappa shape index (κ1) is 19.1. The molecule has 0 atom stereocenters. The van der Waals surface area contributed by atoms with Gasteiger partial charge >= 0.3 is 5.97 Å². The Kier molecular flexibility index (Phi) is 8.09. The predicted octanol–water partition coefficient (Wildman–Crippen LogP) is 2.31. The van der Waals surface area contributed by atoms with E-state index in [4.69, 9.17) is 9.47 Å². The fraction of sp³-hybridized carbons (Fsp3) is 0.579. The topological polar surface area (TPSA) is 63.2 Å². The van der Waals surface area contributed by atoms with E-state index in [2.05, 4.69) is 22.1 Å². The van der Waals surface area contributed by atoms with Crippen LogP contribution in [0, 0.1) is 5.92 Å². The Morgan fingerprint density at radius 2 is 1.96 bits per heavy atom. The summed E-state index contributed by atoms with van der Waals surface area (Å²) in [5.74, 6) is 1.69. The third-order valence-electron chi connectivity index (χ3n) is 4.11. The van der Waals surface area contributed by atoms with Gasteiger partial charge in [0.1, 0.15) is 12.4 Å². The van der Waals surface area contributed by atoms with E-state index in [1.54, 1.807) is 0 Å². The molecule has 0 aromatic heterocycles. The highest BCUT2D eigenvalue weighted by atomic mass is 16.5. The molecule has 6 nitrogen and oxygen atoms in total. The zero-order chi connectivity index (χ0) is 17.9. The number of benzene rings is 1. The molecule has 0 radical (unpaired) electrons. The Hall–Kier alpha value is -2.24. The number of guanidine groups is 1. The molecule has 0 spiro atoms. The number of ether oxygens (including phenoxy) is 2. The van der Waals surface area contributed by atoms with Crippen molar-refractivity contribution < 1.29 is 14.3 Å². The molecule has 1 aliphatic heterocycles. The second-order valence-corrected chi connectivity index (χ2v) is 5.91. The molecule has 0 saturated carbocycles. The Balaban J connectivity index is 1.80. The van der Waals surface area contributed by atoms with Crippen molar-refractivity contribution in [3.63, 3.8) is 0 Å². The van der Waals surface area contributed by atoms with Crippen LogP contribution in [0.15, 0.2) is 35.3 Å². The van der Waals surface area contributed by atoms with Crippen LogP contribution < -0.4 is 10.1 Å². The largest absolute Gasteiger partial charge is 0.492 e. The summed E-state index contributed by atoms with van der Waals surface area (Å²) >= 11 is 0. The van der Waals surface area contributed by atoms with Crippen molar-refractivity contribution in [2.24, 2.45) is 10.9 Å². The van der Waals surface area contributed by atoms with Crippen LogP contribution in [0.4, 0.5) is 0 Å². The van der Waals surface area contributed by atoms with E-state index in [9.17, 15) is 4.79 Å². The second-order valence-electron chi connectivity index (χ2n) is 5.91. The van der Waals surface area contributed by atoms with Gasteiger partial charge in [-0.05, 0) is 38.8 Å². The zero-order valence-corrected chi connectivity index (χ0v) is 15.2. The number of esters is 1. The van der Waals surface area contributed by atoms with Gasteiger partial charge in [-0.25, -0.2) is 4.99 Å². The number of carbonyl (C=O) groups is 1. The fourth-order valence-electron chi connectivity index (χ4n) is 2.84. The molecule has 1 saturated heterocycles. The van der Waals surface area contributed by atoms with E-state index in [0.717, 1.165) is 44.2 Å². The van der Waals surface area contributed by atoms with Gasteiger partial charge < -0.3 is 19.7 Å². The van der Waals surface area contributed by atoms with Crippen LogP contribution in [0.1, 0.15) is 26.7 Å². The lowest BCUT2D eigenvalue weighted by atomic mass is 9.97. The Labute approximate surface area is 150 Å². The van der Waals surface area contributed by atoms with Gasteiger partial charge in [0.2, 0.25) is 0 Å². The van der Waals surface area contributed by atoms with E-state index < -0.39 is 0 Å². The van der Waals surface area contributed by atoms with Crippen molar-refractivity contribution in [3.05, 3.63) is 30.3 Å². The van der Waals surface area contributed by atoms with E-state index in [1.165, 1.54) is 0 Å². The summed E-state index contributed by atoms with van der Waals surface area (Å²) in [7, 11) is 0. The summed E-state index contributed by atoms with van der Waals surface area (Å²) in [5.41, 5.74) is 0. The predicted molar refractivity (Wildman–Crippen MR) is 98.8 cm³/mol. The third-order valence-corrected chi connectivity index (χ3v) is 4.11. The number of piperidine rings is 1. The summed E-state index contributed by atoms with van der Waals surface area (Å²) in [6.45, 7) is 7.93. The molecular formula is C19H29N3O3. The molecule has 0 aliphatic carbocycles. The lowest BCUT2D eigenvalue weighted by Crippen LogP contribution is -2.46. The van der Waals surface area contributed by atoms with Gasteiger partial charge in [0, 0.05) is 19.6 Å². The van der Waals surface area contributed by atoms with Crippen LogP contribution in [0.25, 0.3) is 0 Å². The molecule has 0 amide bonds. The van der Waals surface area contributed by atoms with E-state index in [0.29, 0.717) is 19.8 Å². The van der Waals surface area contributed by atoms with Crippen molar-refractivity contribution >= 4 is 11.9 Å². The van der Waals surface area contributed by atoms with Crippen LogP contribution >= 0.6 is 0 Å². The fourth-order valence-corrected chi connectivity index (χ4v) is 2.84. The van der Waals surface area contributed by atoms with Gasteiger partial charge in [-0.15, -0.1) is 0 Å². The number of likely N-dealkylation sites (tertiary alicyclic amines) is 1. The number of rotatable bonds is 7. The van der Waals surface area contributed by atoms with E-state index >= 15 is 0 Å². The molecule has 25 heavy (non-hydrogen) atoms. The Morgan fingerprint density at radius 3 is 2.60 bits per heavy atom. The molecular weight excluding hydrogens is 318 g/mol. The molecule has 1 fully saturated rings. The molecule has 1 N–H and O–H groups in total. The van der Waals surface area contributed by atoms with Gasteiger partial charge in [0.05, 0.1) is 19.1 Å². The van der Waals surface area contributed by atoms with E-state index in [-0.39, 0.29) is 11.9 Å². The minimum Gasteiger partial charge on any atom is -0.492 e. The van der Waals surface area contributed by atoms with Crippen molar-refractivity contribution in [1.29, 1.82) is 0 Å². The average Bonchev–Trinajstić information content (AvgIpc) is 2.65. The minimum atomic E-state index is -0.0691. The standard InChI is InChI=1S/C19H29N3O3/c1-3-20-19(21-12-15-25-17-8-6-5-7-9-17)22-13-10-16(11-14-22)18(23)24-4-2/h5-9,16H,3-4,10-15H2,1-2H3,(H,20,21). The maximum Gasteiger partial charge on any atom is 0.309 e. The summed E-state index contributed by atoms with van der Waals surface area (Å²) < 4.78 is 10.8. The lowest BCUT2D eigenvalue weighted by Gasteiger charge is -2.33. The van der Waals surface area contributed by atoms with Crippen LogP contribution in [0.2, 0.25) is 0 Å². The maximum atomic E-state index is 11.8. The molecule has 6 heteroatoms. The molecule has 1 heterocycles. The monoisotopic (exact) mass is 347 g/mol. The van der Waals surface area contributed by atoms with Crippen molar-refractivity contribution in [2.75, 3.05) is 39.4 Å². The van der Waals surface area contributed by atoms with E-state index in [1.807, 2.05) is 37.3 Å². The van der Waals surface area contributed by atoms with Crippen molar-refractivity contribution in [2.45, 2.75) is 26.7 Å². The Bertz CT molecular complexity index is 540. The molecule has 1 aromatic rings. The summed E-state index contributed by atoms with van der Waals surface area (Å²) in [6, 6.07) is 9.76. The summed E-state index contributed by atoms with van der Waals surface area (Å²) in [6.07, 6.45) is 1.62. The number of para-hydroxylation sites is 1.